The van der Waals surface area contributed by atoms with Gasteiger partial charge in [0.1, 0.15) is 11.5 Å². The van der Waals surface area contributed by atoms with E-state index in [9.17, 15) is 22.8 Å². The summed E-state index contributed by atoms with van der Waals surface area (Å²) in [4.78, 5) is 26.1. The maximum absolute atomic E-state index is 13.1. The summed E-state index contributed by atoms with van der Waals surface area (Å²) >= 11 is 0. The number of unbranched alkanes of at least 4 members (excludes halogenated alkanes) is 2. The number of alkyl halides is 3. The lowest BCUT2D eigenvalue weighted by atomic mass is 10.1. The van der Waals surface area contributed by atoms with Crippen LogP contribution in [0.25, 0.3) is 0 Å². The third-order valence-electron chi connectivity index (χ3n) is 5.12. The van der Waals surface area contributed by atoms with E-state index in [4.69, 9.17) is 9.47 Å². The lowest BCUT2D eigenvalue weighted by Crippen LogP contribution is -2.36. The van der Waals surface area contributed by atoms with Crippen LogP contribution in [0.1, 0.15) is 62.4 Å². The summed E-state index contributed by atoms with van der Waals surface area (Å²) in [6, 6.07) is 12.1. The van der Waals surface area contributed by atoms with Gasteiger partial charge in [-0.2, -0.15) is 0 Å². The van der Waals surface area contributed by atoms with E-state index in [0.717, 1.165) is 37.0 Å². The van der Waals surface area contributed by atoms with E-state index >= 15 is 0 Å². The summed E-state index contributed by atoms with van der Waals surface area (Å²) in [6.07, 6.45) is -2.08. The quantitative estimate of drug-likeness (QED) is 0.247. The zero-order valence-electron chi connectivity index (χ0n) is 20.3. The highest BCUT2D eigenvalue weighted by atomic mass is 19.4. The molecule has 2 aromatic carbocycles. The van der Waals surface area contributed by atoms with Crippen LogP contribution in [0, 0.1) is 0 Å². The molecule has 1 amide bonds. The molecule has 2 aromatic rings. The summed E-state index contributed by atoms with van der Waals surface area (Å²) in [5, 5.41) is 0. The number of hydrogen-bond donors (Lipinski definition) is 0. The van der Waals surface area contributed by atoms with E-state index in [1.807, 2.05) is 38.1 Å². The van der Waals surface area contributed by atoms with Crippen molar-refractivity contribution in [2.75, 3.05) is 13.2 Å². The monoisotopic (exact) mass is 495 g/mol. The van der Waals surface area contributed by atoms with Crippen molar-refractivity contribution >= 4 is 11.9 Å². The zero-order valence-corrected chi connectivity index (χ0v) is 20.3. The van der Waals surface area contributed by atoms with Crippen LogP contribution in [0.4, 0.5) is 13.2 Å². The summed E-state index contributed by atoms with van der Waals surface area (Å²) < 4.78 is 51.9. The molecule has 9 heteroatoms. The fraction of sp³-hybridized carbons (Fsp3) is 0.462. The fourth-order valence-electron chi connectivity index (χ4n) is 3.38. The Bertz CT molecular complexity index is 945. The molecular formula is C26H32F3NO5. The van der Waals surface area contributed by atoms with Crippen LogP contribution in [0.2, 0.25) is 0 Å². The normalized spacial score (nSPS) is 11.3. The Hall–Kier alpha value is -3.23. The molecule has 6 nitrogen and oxygen atoms in total. The fourth-order valence-corrected chi connectivity index (χ4v) is 3.38. The molecule has 2 rings (SSSR count). The average molecular weight is 496 g/mol. The molecule has 0 bridgehead atoms. The number of nitrogens with zero attached hydrogens (tertiary/aromatic N) is 1. The van der Waals surface area contributed by atoms with Crippen molar-refractivity contribution in [2.24, 2.45) is 0 Å². The Morgan fingerprint density at radius 2 is 1.66 bits per heavy atom. The van der Waals surface area contributed by atoms with E-state index in [1.165, 1.54) is 12.1 Å². The van der Waals surface area contributed by atoms with Crippen LogP contribution in [-0.2, 0) is 16.1 Å². The SMILES string of the molecule is CCOC(=O)CCCCCOc1ccccc1CN(C(=O)c1ccc(OC(F)(F)F)cc1)C(C)C. The Morgan fingerprint density at radius 1 is 0.971 bits per heavy atom. The lowest BCUT2D eigenvalue weighted by molar-refractivity contribution is -0.274. The van der Waals surface area contributed by atoms with E-state index in [-0.39, 0.29) is 35.8 Å². The van der Waals surface area contributed by atoms with Gasteiger partial charge >= 0.3 is 12.3 Å². The van der Waals surface area contributed by atoms with Crippen molar-refractivity contribution in [3.63, 3.8) is 0 Å². The first kappa shape index (κ1) is 28.0. The molecule has 0 fully saturated rings. The van der Waals surface area contributed by atoms with Gasteiger partial charge < -0.3 is 19.1 Å². The van der Waals surface area contributed by atoms with Crippen molar-refractivity contribution in [2.45, 2.75) is 65.4 Å². The molecule has 0 atom stereocenters. The first-order valence-electron chi connectivity index (χ1n) is 11.6. The Morgan fingerprint density at radius 3 is 2.29 bits per heavy atom. The third-order valence-corrected chi connectivity index (χ3v) is 5.12. The van der Waals surface area contributed by atoms with Crippen LogP contribution in [-0.4, -0.2) is 42.4 Å². The van der Waals surface area contributed by atoms with Gasteiger partial charge in [0.25, 0.3) is 5.91 Å². The molecule has 0 N–H and O–H groups in total. The number of amides is 1. The van der Waals surface area contributed by atoms with Gasteiger partial charge in [-0.25, -0.2) is 0 Å². The minimum atomic E-state index is -4.79. The third kappa shape index (κ3) is 9.88. The second-order valence-corrected chi connectivity index (χ2v) is 8.17. The molecule has 0 aliphatic heterocycles. The molecular weight excluding hydrogens is 463 g/mol. The van der Waals surface area contributed by atoms with Crippen molar-refractivity contribution in [3.8, 4) is 11.5 Å². The van der Waals surface area contributed by atoms with Gasteiger partial charge in [0, 0.05) is 30.1 Å². The van der Waals surface area contributed by atoms with Gasteiger partial charge in [-0.3, -0.25) is 9.59 Å². The molecule has 0 aliphatic carbocycles. The Kier molecular flexibility index (Phi) is 10.9. The van der Waals surface area contributed by atoms with Crippen molar-refractivity contribution in [3.05, 3.63) is 59.7 Å². The minimum absolute atomic E-state index is 0.162. The maximum Gasteiger partial charge on any atom is 0.573 e. The number of benzene rings is 2. The van der Waals surface area contributed by atoms with E-state index in [1.54, 1.807) is 11.8 Å². The van der Waals surface area contributed by atoms with Crippen LogP contribution in [0.3, 0.4) is 0 Å². The molecule has 0 unspecified atom stereocenters. The number of rotatable bonds is 13. The topological polar surface area (TPSA) is 65.1 Å². The van der Waals surface area contributed by atoms with Crippen LogP contribution in [0.5, 0.6) is 11.5 Å². The lowest BCUT2D eigenvalue weighted by Gasteiger charge is -2.28. The highest BCUT2D eigenvalue weighted by Crippen LogP contribution is 2.25. The number of hydrogen-bond acceptors (Lipinski definition) is 5. The van der Waals surface area contributed by atoms with E-state index in [2.05, 4.69) is 4.74 Å². The van der Waals surface area contributed by atoms with Crippen LogP contribution < -0.4 is 9.47 Å². The smallest absolute Gasteiger partial charge is 0.493 e. The standard InChI is InChI=1S/C26H32F3NO5/c1-4-33-24(31)12-6-5-9-17-34-23-11-8-7-10-21(23)18-30(19(2)3)25(32)20-13-15-22(16-14-20)35-26(27,28)29/h7-8,10-11,13-16,19H,4-6,9,12,17-18H2,1-3H3. The largest absolute Gasteiger partial charge is 0.573 e. The van der Waals surface area contributed by atoms with E-state index in [0.29, 0.717) is 25.4 Å². The summed E-state index contributed by atoms with van der Waals surface area (Å²) in [6.45, 7) is 6.64. The molecule has 0 saturated carbocycles. The molecule has 0 radical (unpaired) electrons. The van der Waals surface area contributed by atoms with Crippen molar-refractivity contribution in [1.82, 2.24) is 4.90 Å². The number of ether oxygens (including phenoxy) is 3. The van der Waals surface area contributed by atoms with Gasteiger partial charge in [0.05, 0.1) is 13.2 Å². The molecule has 35 heavy (non-hydrogen) atoms. The van der Waals surface area contributed by atoms with Crippen LogP contribution >= 0.6 is 0 Å². The number of carbonyl (C=O) groups excluding carboxylic acids is 2. The predicted octanol–water partition coefficient (Wildman–Crippen LogP) is 6.14. The second kappa shape index (κ2) is 13.6. The van der Waals surface area contributed by atoms with E-state index < -0.39 is 6.36 Å². The van der Waals surface area contributed by atoms with Gasteiger partial charge in [-0.05, 0) is 70.4 Å². The van der Waals surface area contributed by atoms with Crippen molar-refractivity contribution < 1.29 is 37.0 Å². The highest BCUT2D eigenvalue weighted by molar-refractivity contribution is 5.94. The second-order valence-electron chi connectivity index (χ2n) is 8.17. The molecule has 192 valence electrons. The van der Waals surface area contributed by atoms with Gasteiger partial charge in [-0.15, -0.1) is 13.2 Å². The van der Waals surface area contributed by atoms with Gasteiger partial charge in [0.15, 0.2) is 0 Å². The molecule has 0 spiro atoms. The first-order chi connectivity index (χ1) is 16.6. The number of para-hydroxylation sites is 1. The van der Waals surface area contributed by atoms with Gasteiger partial charge in [0.2, 0.25) is 0 Å². The maximum atomic E-state index is 13.1. The Balaban J connectivity index is 1.98. The number of halogens is 3. The molecule has 0 saturated heterocycles. The minimum Gasteiger partial charge on any atom is -0.493 e. The van der Waals surface area contributed by atoms with Crippen LogP contribution in [0.15, 0.2) is 48.5 Å². The molecule has 0 aliphatic rings. The predicted molar refractivity (Wildman–Crippen MR) is 125 cm³/mol. The summed E-state index contributed by atoms with van der Waals surface area (Å²) in [5.74, 6) is -0.233. The number of esters is 1. The van der Waals surface area contributed by atoms with Gasteiger partial charge in [-0.1, -0.05) is 18.2 Å². The summed E-state index contributed by atoms with van der Waals surface area (Å²) in [7, 11) is 0. The average Bonchev–Trinajstić information content (AvgIpc) is 2.79. The summed E-state index contributed by atoms with van der Waals surface area (Å²) in [5.41, 5.74) is 1.08. The molecule has 0 aromatic heterocycles. The van der Waals surface area contributed by atoms with Crippen molar-refractivity contribution in [1.29, 1.82) is 0 Å². The zero-order chi connectivity index (χ0) is 25.8. The Labute approximate surface area is 204 Å². The molecule has 0 heterocycles. The highest BCUT2D eigenvalue weighted by Gasteiger charge is 2.31. The first-order valence-corrected chi connectivity index (χ1v) is 11.6. The number of carbonyl (C=O) groups is 2.